The largest absolute Gasteiger partial charge is 0.316 e. The van der Waals surface area contributed by atoms with Gasteiger partial charge in [0, 0.05) is 19.1 Å². The Bertz CT molecular complexity index is 385. The summed E-state index contributed by atoms with van der Waals surface area (Å²) in [5, 5.41) is 3.47. The first kappa shape index (κ1) is 16.2. The molecule has 0 bridgehead atoms. The molecule has 0 aliphatic carbocycles. The highest BCUT2D eigenvalue weighted by Gasteiger charge is 2.29. The highest BCUT2D eigenvalue weighted by Crippen LogP contribution is 2.21. The molecule has 5 nitrogen and oxygen atoms in total. The van der Waals surface area contributed by atoms with Crippen LogP contribution in [-0.4, -0.2) is 69.2 Å². The highest BCUT2D eigenvalue weighted by atomic mass is 32.2. The van der Waals surface area contributed by atoms with Crippen LogP contribution in [0.5, 0.6) is 0 Å². The van der Waals surface area contributed by atoms with Crippen LogP contribution in [0.4, 0.5) is 0 Å². The Balaban J connectivity index is 1.79. The topological polar surface area (TPSA) is 52.6 Å². The van der Waals surface area contributed by atoms with Crippen LogP contribution in [0, 0.1) is 5.92 Å². The third-order valence-electron chi connectivity index (χ3n) is 4.62. The molecular weight excluding hydrogens is 274 g/mol. The second-order valence-electron chi connectivity index (χ2n) is 6.21. The molecule has 1 N–H and O–H groups in total. The van der Waals surface area contributed by atoms with Crippen LogP contribution in [0.1, 0.15) is 32.6 Å². The summed E-state index contributed by atoms with van der Waals surface area (Å²) in [6, 6.07) is 0.204. The smallest absolute Gasteiger partial charge is 0.211 e. The van der Waals surface area contributed by atoms with Crippen LogP contribution >= 0.6 is 0 Å². The molecule has 118 valence electrons. The van der Waals surface area contributed by atoms with Crippen LogP contribution in [0.3, 0.4) is 0 Å². The van der Waals surface area contributed by atoms with E-state index in [1.165, 1.54) is 32.2 Å². The standard InChI is InChI=1S/C14H29N3O2S/c1-3-17(20(2,18)19)14-6-9-16(10-7-14)12-13-5-4-8-15-11-13/h13-15H,3-12H2,1-2H3. The van der Waals surface area contributed by atoms with E-state index >= 15 is 0 Å². The van der Waals surface area contributed by atoms with Crippen LogP contribution in [0.25, 0.3) is 0 Å². The summed E-state index contributed by atoms with van der Waals surface area (Å²) in [6.45, 7) is 8.07. The predicted molar refractivity (Wildman–Crippen MR) is 82.3 cm³/mol. The SMILES string of the molecule is CCN(C1CCN(CC2CCCNC2)CC1)S(C)(=O)=O. The van der Waals surface area contributed by atoms with Gasteiger partial charge in [-0.2, -0.15) is 4.31 Å². The number of likely N-dealkylation sites (tertiary alicyclic amines) is 1. The zero-order valence-electron chi connectivity index (χ0n) is 12.8. The second-order valence-corrected chi connectivity index (χ2v) is 8.15. The molecule has 0 radical (unpaired) electrons. The monoisotopic (exact) mass is 303 g/mol. The van der Waals surface area contributed by atoms with E-state index in [1.54, 1.807) is 4.31 Å². The Kier molecular flexibility index (Phi) is 5.84. The van der Waals surface area contributed by atoms with Crippen molar-refractivity contribution in [3.05, 3.63) is 0 Å². The van der Waals surface area contributed by atoms with E-state index in [1.807, 2.05) is 6.92 Å². The number of hydrogen-bond donors (Lipinski definition) is 1. The fraction of sp³-hybridized carbons (Fsp3) is 1.00. The molecule has 20 heavy (non-hydrogen) atoms. The number of hydrogen-bond acceptors (Lipinski definition) is 4. The van der Waals surface area contributed by atoms with Crippen molar-refractivity contribution in [3.63, 3.8) is 0 Å². The van der Waals surface area contributed by atoms with Crippen molar-refractivity contribution in [2.45, 2.75) is 38.6 Å². The van der Waals surface area contributed by atoms with Gasteiger partial charge in [-0.05, 0) is 57.8 Å². The zero-order chi connectivity index (χ0) is 14.6. The number of nitrogens with one attached hydrogen (secondary N) is 1. The lowest BCUT2D eigenvalue weighted by molar-refractivity contribution is 0.136. The lowest BCUT2D eigenvalue weighted by atomic mass is 9.97. The highest BCUT2D eigenvalue weighted by molar-refractivity contribution is 7.88. The Morgan fingerprint density at radius 1 is 1.25 bits per heavy atom. The van der Waals surface area contributed by atoms with E-state index in [-0.39, 0.29) is 6.04 Å². The lowest BCUT2D eigenvalue weighted by Gasteiger charge is -2.38. The van der Waals surface area contributed by atoms with E-state index in [4.69, 9.17) is 0 Å². The summed E-state index contributed by atoms with van der Waals surface area (Å²) in [4.78, 5) is 2.52. The van der Waals surface area contributed by atoms with Gasteiger partial charge in [0.1, 0.15) is 0 Å². The molecule has 2 aliphatic rings. The Morgan fingerprint density at radius 2 is 1.95 bits per heavy atom. The molecule has 0 saturated carbocycles. The third kappa shape index (κ3) is 4.41. The van der Waals surface area contributed by atoms with E-state index in [0.717, 1.165) is 38.4 Å². The molecule has 1 atom stereocenters. The van der Waals surface area contributed by atoms with Crippen LogP contribution in [-0.2, 0) is 10.0 Å². The molecule has 0 spiro atoms. The fourth-order valence-corrected chi connectivity index (χ4v) is 4.82. The van der Waals surface area contributed by atoms with Crippen LogP contribution in [0.2, 0.25) is 0 Å². The molecule has 2 aliphatic heterocycles. The molecule has 2 rings (SSSR count). The first-order valence-electron chi connectivity index (χ1n) is 7.90. The van der Waals surface area contributed by atoms with E-state index in [2.05, 4.69) is 10.2 Å². The first-order chi connectivity index (χ1) is 9.50. The van der Waals surface area contributed by atoms with Crippen molar-refractivity contribution in [1.82, 2.24) is 14.5 Å². The van der Waals surface area contributed by atoms with Gasteiger partial charge >= 0.3 is 0 Å². The average Bonchev–Trinajstić information content (AvgIpc) is 2.41. The lowest BCUT2D eigenvalue weighted by Crippen LogP contribution is -2.48. The average molecular weight is 303 g/mol. The maximum atomic E-state index is 11.8. The molecule has 2 heterocycles. The number of piperidine rings is 2. The summed E-state index contributed by atoms with van der Waals surface area (Å²) in [7, 11) is -3.05. The minimum absolute atomic E-state index is 0.204. The van der Waals surface area contributed by atoms with Crippen molar-refractivity contribution in [2.24, 2.45) is 5.92 Å². The summed E-state index contributed by atoms with van der Waals surface area (Å²) in [5.74, 6) is 0.775. The maximum absolute atomic E-state index is 11.8. The van der Waals surface area contributed by atoms with E-state index in [9.17, 15) is 8.42 Å². The van der Waals surface area contributed by atoms with Crippen molar-refractivity contribution in [3.8, 4) is 0 Å². The second kappa shape index (κ2) is 7.20. The van der Waals surface area contributed by atoms with Gasteiger partial charge in [-0.25, -0.2) is 8.42 Å². The minimum Gasteiger partial charge on any atom is -0.316 e. The van der Waals surface area contributed by atoms with Gasteiger partial charge in [0.25, 0.3) is 0 Å². The maximum Gasteiger partial charge on any atom is 0.211 e. The Morgan fingerprint density at radius 3 is 2.45 bits per heavy atom. The van der Waals surface area contributed by atoms with Crippen molar-refractivity contribution < 1.29 is 8.42 Å². The fourth-order valence-electron chi connectivity index (χ4n) is 3.60. The summed E-state index contributed by atoms with van der Waals surface area (Å²) >= 11 is 0. The molecule has 0 amide bonds. The quantitative estimate of drug-likeness (QED) is 0.814. The Hall–Kier alpha value is -0.170. The van der Waals surface area contributed by atoms with Crippen LogP contribution in [0.15, 0.2) is 0 Å². The van der Waals surface area contributed by atoms with Gasteiger partial charge in [0.2, 0.25) is 10.0 Å². The summed E-state index contributed by atoms with van der Waals surface area (Å²) in [6.07, 6.45) is 5.90. The van der Waals surface area contributed by atoms with Crippen molar-refractivity contribution >= 4 is 10.0 Å². The van der Waals surface area contributed by atoms with Crippen molar-refractivity contribution in [1.29, 1.82) is 0 Å². The number of rotatable bonds is 5. The van der Waals surface area contributed by atoms with E-state index < -0.39 is 10.0 Å². The predicted octanol–water partition coefficient (Wildman–Crippen LogP) is 0.732. The zero-order valence-corrected chi connectivity index (χ0v) is 13.7. The van der Waals surface area contributed by atoms with Gasteiger partial charge in [-0.15, -0.1) is 0 Å². The molecule has 0 aromatic rings. The van der Waals surface area contributed by atoms with E-state index in [0.29, 0.717) is 6.54 Å². The van der Waals surface area contributed by atoms with Gasteiger partial charge in [-0.1, -0.05) is 6.92 Å². The number of sulfonamides is 1. The molecule has 2 saturated heterocycles. The molecule has 0 aromatic heterocycles. The normalized spacial score (nSPS) is 27.1. The van der Waals surface area contributed by atoms with Gasteiger partial charge in [0.15, 0.2) is 0 Å². The molecule has 0 aromatic carbocycles. The van der Waals surface area contributed by atoms with Gasteiger partial charge < -0.3 is 10.2 Å². The summed E-state index contributed by atoms with van der Waals surface area (Å²) < 4.78 is 25.2. The van der Waals surface area contributed by atoms with Gasteiger partial charge in [-0.3, -0.25) is 0 Å². The molecule has 6 heteroatoms. The first-order valence-corrected chi connectivity index (χ1v) is 9.75. The molecular formula is C14H29N3O2S. The number of nitrogens with zero attached hydrogens (tertiary/aromatic N) is 2. The minimum atomic E-state index is -3.05. The molecule has 1 unspecified atom stereocenters. The van der Waals surface area contributed by atoms with Crippen LogP contribution < -0.4 is 5.32 Å². The third-order valence-corrected chi connectivity index (χ3v) is 6.03. The van der Waals surface area contributed by atoms with Crippen molar-refractivity contribution in [2.75, 3.05) is 45.5 Å². The molecule has 2 fully saturated rings. The summed E-state index contributed by atoms with van der Waals surface area (Å²) in [5.41, 5.74) is 0. The Labute approximate surface area is 123 Å². The van der Waals surface area contributed by atoms with Gasteiger partial charge in [0.05, 0.1) is 6.26 Å².